The average Bonchev–Trinajstić information content (AvgIpc) is 2.45. The number of nitrogens with one attached hydrogen (secondary N) is 2. The molecule has 0 saturated heterocycles. The number of halogens is 2. The van der Waals surface area contributed by atoms with Crippen LogP contribution in [0.25, 0.3) is 0 Å². The Labute approximate surface area is 136 Å². The second kappa shape index (κ2) is 7.75. The number of hydrogen-bond donors (Lipinski definition) is 3. The SMILES string of the molecule is COC(=O)c1cc(S(=O)(=O)NCCC(=O)NN)c(Cl)cc1Cl. The van der Waals surface area contributed by atoms with Gasteiger partial charge in [0.15, 0.2) is 0 Å². The molecule has 0 saturated carbocycles. The lowest BCUT2D eigenvalue weighted by Gasteiger charge is -2.10. The Morgan fingerprint density at radius 1 is 1.27 bits per heavy atom. The van der Waals surface area contributed by atoms with Gasteiger partial charge < -0.3 is 4.74 Å². The van der Waals surface area contributed by atoms with Gasteiger partial charge in [0.25, 0.3) is 0 Å². The number of carbonyl (C=O) groups is 2. The molecule has 1 aromatic rings. The van der Waals surface area contributed by atoms with E-state index in [-0.39, 0.29) is 33.5 Å². The third-order valence-electron chi connectivity index (χ3n) is 2.52. The van der Waals surface area contributed by atoms with E-state index in [0.29, 0.717) is 0 Å². The Bertz CT molecular complexity index is 693. The van der Waals surface area contributed by atoms with Gasteiger partial charge in [-0.2, -0.15) is 0 Å². The summed E-state index contributed by atoms with van der Waals surface area (Å²) in [7, 11) is -2.91. The van der Waals surface area contributed by atoms with Gasteiger partial charge in [0, 0.05) is 13.0 Å². The van der Waals surface area contributed by atoms with E-state index in [9.17, 15) is 18.0 Å². The quantitative estimate of drug-likeness (QED) is 0.289. The van der Waals surface area contributed by atoms with Crippen LogP contribution in [-0.2, 0) is 19.6 Å². The van der Waals surface area contributed by atoms with E-state index in [0.717, 1.165) is 19.2 Å². The summed E-state index contributed by atoms with van der Waals surface area (Å²) in [6, 6.07) is 2.12. The van der Waals surface area contributed by atoms with Crippen molar-refractivity contribution >= 4 is 45.1 Å². The summed E-state index contributed by atoms with van der Waals surface area (Å²) in [6.07, 6.45) is -0.162. The lowest BCUT2D eigenvalue weighted by Crippen LogP contribution is -2.34. The van der Waals surface area contributed by atoms with Crippen LogP contribution in [0.15, 0.2) is 17.0 Å². The second-order valence-corrected chi connectivity index (χ2v) is 6.52. The third kappa shape index (κ3) is 4.55. The summed E-state index contributed by atoms with van der Waals surface area (Å²) in [4.78, 5) is 22.1. The first-order chi connectivity index (χ1) is 10.2. The van der Waals surface area contributed by atoms with Gasteiger partial charge in [-0.05, 0) is 12.1 Å². The number of sulfonamides is 1. The molecule has 0 aliphatic carbocycles. The van der Waals surface area contributed by atoms with E-state index < -0.39 is 21.9 Å². The van der Waals surface area contributed by atoms with Crippen molar-refractivity contribution in [1.82, 2.24) is 10.1 Å². The largest absolute Gasteiger partial charge is 0.465 e. The van der Waals surface area contributed by atoms with Crippen LogP contribution in [0.3, 0.4) is 0 Å². The van der Waals surface area contributed by atoms with Crippen molar-refractivity contribution in [2.24, 2.45) is 5.84 Å². The zero-order valence-corrected chi connectivity index (χ0v) is 13.7. The second-order valence-electron chi connectivity index (χ2n) is 3.97. The van der Waals surface area contributed by atoms with E-state index in [1.807, 2.05) is 5.43 Å². The fourth-order valence-corrected chi connectivity index (χ4v) is 3.33. The molecule has 4 N–H and O–H groups in total. The molecule has 0 aliphatic heterocycles. The molecule has 1 rings (SSSR count). The van der Waals surface area contributed by atoms with Crippen LogP contribution in [0.5, 0.6) is 0 Å². The molecule has 0 atom stereocenters. The van der Waals surface area contributed by atoms with Gasteiger partial charge in [0.05, 0.1) is 22.7 Å². The maximum Gasteiger partial charge on any atom is 0.339 e. The van der Waals surface area contributed by atoms with Gasteiger partial charge in [-0.15, -0.1) is 0 Å². The third-order valence-corrected chi connectivity index (χ3v) is 4.76. The number of esters is 1. The monoisotopic (exact) mass is 369 g/mol. The summed E-state index contributed by atoms with van der Waals surface area (Å²) in [6.45, 7) is -0.197. The fraction of sp³-hybridized carbons (Fsp3) is 0.273. The molecule has 0 aliphatic rings. The summed E-state index contributed by atoms with van der Waals surface area (Å²) >= 11 is 11.7. The zero-order chi connectivity index (χ0) is 16.9. The molecule has 1 amide bonds. The van der Waals surface area contributed by atoms with Gasteiger partial charge in [-0.1, -0.05) is 23.2 Å². The first-order valence-corrected chi connectivity index (χ1v) is 8.03. The minimum absolute atomic E-state index is 0.0432. The number of amides is 1. The number of nitrogens with two attached hydrogens (primary N) is 1. The first-order valence-electron chi connectivity index (χ1n) is 5.79. The van der Waals surface area contributed by atoms with Crippen molar-refractivity contribution in [3.05, 3.63) is 27.7 Å². The standard InChI is InChI=1S/C11H13Cl2N3O5S/c1-21-11(18)6-4-9(8(13)5-7(6)12)22(19,20)15-3-2-10(17)16-14/h4-5,15H,2-3,14H2,1H3,(H,16,17). The van der Waals surface area contributed by atoms with Gasteiger partial charge in [0.1, 0.15) is 4.90 Å². The highest BCUT2D eigenvalue weighted by Crippen LogP contribution is 2.29. The predicted octanol–water partition coefficient (Wildman–Crippen LogP) is 0.438. The molecule has 0 spiro atoms. The van der Waals surface area contributed by atoms with Crippen LogP contribution in [-0.4, -0.2) is 33.9 Å². The van der Waals surface area contributed by atoms with Gasteiger partial charge >= 0.3 is 5.97 Å². The zero-order valence-electron chi connectivity index (χ0n) is 11.4. The van der Waals surface area contributed by atoms with Crippen LogP contribution in [0, 0.1) is 0 Å². The van der Waals surface area contributed by atoms with E-state index in [2.05, 4.69) is 9.46 Å². The highest BCUT2D eigenvalue weighted by atomic mass is 35.5. The van der Waals surface area contributed by atoms with Crippen molar-refractivity contribution in [3.63, 3.8) is 0 Å². The van der Waals surface area contributed by atoms with E-state index in [1.54, 1.807) is 0 Å². The van der Waals surface area contributed by atoms with Crippen LogP contribution < -0.4 is 16.0 Å². The topological polar surface area (TPSA) is 128 Å². The maximum atomic E-state index is 12.1. The number of ether oxygens (including phenoxy) is 1. The summed E-state index contributed by atoms with van der Waals surface area (Å²) in [5, 5.41) is -0.216. The molecule has 0 aromatic heterocycles. The molecule has 0 radical (unpaired) electrons. The highest BCUT2D eigenvalue weighted by molar-refractivity contribution is 7.89. The number of hydrogen-bond acceptors (Lipinski definition) is 6. The molecule has 122 valence electrons. The Morgan fingerprint density at radius 2 is 1.91 bits per heavy atom. The minimum Gasteiger partial charge on any atom is -0.465 e. The van der Waals surface area contributed by atoms with Crippen LogP contribution in [0.2, 0.25) is 10.0 Å². The molecule has 8 nitrogen and oxygen atoms in total. The summed E-state index contributed by atoms with van der Waals surface area (Å²) in [5.74, 6) is 3.53. The molecule has 22 heavy (non-hydrogen) atoms. The van der Waals surface area contributed by atoms with Crippen LogP contribution >= 0.6 is 23.2 Å². The number of benzene rings is 1. The van der Waals surface area contributed by atoms with Crippen molar-refractivity contribution in [3.8, 4) is 0 Å². The molecule has 11 heteroatoms. The number of rotatable bonds is 6. The Kier molecular flexibility index (Phi) is 6.57. The van der Waals surface area contributed by atoms with E-state index in [4.69, 9.17) is 29.0 Å². The molecule has 0 heterocycles. The van der Waals surface area contributed by atoms with Crippen molar-refractivity contribution in [2.75, 3.05) is 13.7 Å². The van der Waals surface area contributed by atoms with Gasteiger partial charge in [-0.25, -0.2) is 23.8 Å². The average molecular weight is 370 g/mol. The van der Waals surface area contributed by atoms with E-state index in [1.165, 1.54) is 0 Å². The Morgan fingerprint density at radius 3 is 2.45 bits per heavy atom. The van der Waals surface area contributed by atoms with E-state index >= 15 is 0 Å². The minimum atomic E-state index is -4.05. The molecular weight excluding hydrogens is 357 g/mol. The van der Waals surface area contributed by atoms with Crippen molar-refractivity contribution in [1.29, 1.82) is 0 Å². The number of hydrazine groups is 1. The summed E-state index contributed by atoms with van der Waals surface area (Å²) < 4.78 is 31.0. The Hall–Kier alpha value is -1.39. The number of methoxy groups -OCH3 is 1. The normalized spacial score (nSPS) is 11.1. The molecule has 0 bridgehead atoms. The molecule has 0 unspecified atom stereocenters. The van der Waals surface area contributed by atoms with Crippen LogP contribution in [0.4, 0.5) is 0 Å². The van der Waals surface area contributed by atoms with Crippen molar-refractivity contribution in [2.45, 2.75) is 11.3 Å². The van der Waals surface area contributed by atoms with Crippen molar-refractivity contribution < 1.29 is 22.7 Å². The summed E-state index contributed by atoms with van der Waals surface area (Å²) in [5.41, 5.74) is 1.72. The first kappa shape index (κ1) is 18.7. The smallest absolute Gasteiger partial charge is 0.339 e. The lowest BCUT2D eigenvalue weighted by atomic mass is 10.2. The maximum absolute atomic E-state index is 12.1. The van der Waals surface area contributed by atoms with Gasteiger partial charge in [0.2, 0.25) is 15.9 Å². The van der Waals surface area contributed by atoms with Gasteiger partial charge in [-0.3, -0.25) is 10.2 Å². The highest BCUT2D eigenvalue weighted by Gasteiger charge is 2.22. The molecule has 0 fully saturated rings. The van der Waals surface area contributed by atoms with Crippen LogP contribution in [0.1, 0.15) is 16.8 Å². The number of carbonyl (C=O) groups excluding carboxylic acids is 2. The molecule has 1 aromatic carbocycles. The Balaban J connectivity index is 3.08. The molecular formula is C11H13Cl2N3O5S. The predicted molar refractivity (Wildman–Crippen MR) is 79.9 cm³/mol. The lowest BCUT2D eigenvalue weighted by molar-refractivity contribution is -0.121. The fourth-order valence-electron chi connectivity index (χ4n) is 1.45.